The van der Waals surface area contributed by atoms with E-state index in [-0.39, 0.29) is 17.5 Å². The van der Waals surface area contributed by atoms with Crippen molar-refractivity contribution in [3.63, 3.8) is 0 Å². The first-order valence-corrected chi connectivity index (χ1v) is 12.8. The van der Waals surface area contributed by atoms with Crippen molar-refractivity contribution in [2.24, 2.45) is 0 Å². The minimum absolute atomic E-state index is 0.188. The molecule has 0 saturated carbocycles. The molecule has 3 heterocycles. The van der Waals surface area contributed by atoms with Crippen molar-refractivity contribution < 1.29 is 4.79 Å². The van der Waals surface area contributed by atoms with Gasteiger partial charge in [0, 0.05) is 19.3 Å². The molecule has 1 aliphatic heterocycles. The number of carbonyl (C=O) groups excluding carboxylic acids is 1. The minimum atomic E-state index is -0.202. The Kier molecular flexibility index (Phi) is 7.48. The fraction of sp³-hybridized carbons (Fsp3) is 0.308. The fourth-order valence-corrected chi connectivity index (χ4v) is 5.55. The first-order chi connectivity index (χ1) is 16.5. The molecule has 34 heavy (non-hydrogen) atoms. The molecule has 2 aromatic heterocycles. The highest BCUT2D eigenvalue weighted by Gasteiger charge is 2.36. The number of thiocarbonyl (C=S) groups is 1. The maximum absolute atomic E-state index is 13.6. The maximum atomic E-state index is 13.6. The number of pyridine rings is 1. The summed E-state index contributed by atoms with van der Waals surface area (Å²) in [5.74, 6) is 0.425. The van der Waals surface area contributed by atoms with Crippen LogP contribution in [-0.4, -0.2) is 37.6 Å². The van der Waals surface area contributed by atoms with Crippen LogP contribution in [0.15, 0.2) is 64.4 Å². The second-order valence-electron chi connectivity index (χ2n) is 8.21. The van der Waals surface area contributed by atoms with Crippen molar-refractivity contribution in [2.75, 3.05) is 18.0 Å². The van der Waals surface area contributed by atoms with Crippen LogP contribution >= 0.6 is 24.0 Å². The van der Waals surface area contributed by atoms with Gasteiger partial charge in [0.15, 0.2) is 0 Å². The Morgan fingerprint density at radius 1 is 1.06 bits per heavy atom. The van der Waals surface area contributed by atoms with Crippen LogP contribution in [0.2, 0.25) is 0 Å². The largest absolute Gasteiger partial charge is 0.356 e. The molecule has 1 aliphatic rings. The molecule has 8 heteroatoms. The Bertz CT molecular complexity index is 1300. The van der Waals surface area contributed by atoms with Gasteiger partial charge in [-0.05, 0) is 43.5 Å². The summed E-state index contributed by atoms with van der Waals surface area (Å²) in [4.78, 5) is 36.0. The maximum Gasteiger partial charge on any atom is 0.267 e. The molecule has 0 bridgehead atoms. The minimum Gasteiger partial charge on any atom is -0.356 e. The van der Waals surface area contributed by atoms with E-state index < -0.39 is 0 Å². The monoisotopic (exact) mass is 492 g/mol. The molecule has 0 unspecified atom stereocenters. The van der Waals surface area contributed by atoms with Gasteiger partial charge in [0.05, 0.1) is 16.5 Å². The van der Waals surface area contributed by atoms with Gasteiger partial charge in [0.25, 0.3) is 11.5 Å². The number of rotatable bonds is 8. The number of nitrogens with zero attached hydrogens (tertiary/aromatic N) is 4. The van der Waals surface area contributed by atoms with Crippen LogP contribution in [0.4, 0.5) is 5.82 Å². The van der Waals surface area contributed by atoms with Crippen molar-refractivity contribution in [1.29, 1.82) is 0 Å². The second-order valence-corrected chi connectivity index (χ2v) is 9.88. The predicted molar refractivity (Wildman–Crippen MR) is 144 cm³/mol. The van der Waals surface area contributed by atoms with Crippen molar-refractivity contribution in [3.05, 3.63) is 81.1 Å². The highest BCUT2D eigenvalue weighted by Crippen LogP contribution is 2.38. The zero-order valence-electron chi connectivity index (χ0n) is 19.6. The van der Waals surface area contributed by atoms with Crippen molar-refractivity contribution in [1.82, 2.24) is 14.3 Å². The Morgan fingerprint density at radius 2 is 1.74 bits per heavy atom. The number of anilines is 1. The van der Waals surface area contributed by atoms with Crippen LogP contribution in [-0.2, 0) is 4.79 Å². The van der Waals surface area contributed by atoms with Crippen molar-refractivity contribution in [3.8, 4) is 0 Å². The lowest BCUT2D eigenvalue weighted by Crippen LogP contribution is -2.32. The Hall–Kier alpha value is -2.97. The zero-order chi connectivity index (χ0) is 24.2. The first-order valence-electron chi connectivity index (χ1n) is 11.5. The van der Waals surface area contributed by atoms with E-state index in [9.17, 15) is 9.59 Å². The van der Waals surface area contributed by atoms with E-state index in [1.807, 2.05) is 49.4 Å². The highest BCUT2D eigenvalue weighted by molar-refractivity contribution is 8.26. The van der Waals surface area contributed by atoms with Gasteiger partial charge in [-0.25, -0.2) is 4.98 Å². The SMILES string of the molecule is CCCN(CCC)c1nc2ccccn2c(=O)c1/C=C1\SC(=S)N([C@@H](C)c2ccccc2)C1=O. The smallest absolute Gasteiger partial charge is 0.267 e. The fourth-order valence-electron chi connectivity index (χ4n) is 4.15. The molecule has 1 fully saturated rings. The third-order valence-electron chi connectivity index (χ3n) is 5.80. The van der Waals surface area contributed by atoms with Crippen LogP contribution in [0.25, 0.3) is 11.7 Å². The van der Waals surface area contributed by atoms with Gasteiger partial charge in [-0.1, -0.05) is 74.2 Å². The van der Waals surface area contributed by atoms with Crippen LogP contribution in [0, 0.1) is 0 Å². The first kappa shape index (κ1) is 24.2. The number of carbonyl (C=O) groups is 1. The average molecular weight is 493 g/mol. The van der Waals surface area contributed by atoms with Crippen LogP contribution in [0.5, 0.6) is 0 Å². The summed E-state index contributed by atoms with van der Waals surface area (Å²) in [6.07, 6.45) is 5.23. The quantitative estimate of drug-likeness (QED) is 0.315. The number of benzene rings is 1. The molecule has 1 aromatic carbocycles. The lowest BCUT2D eigenvalue weighted by Gasteiger charge is -2.24. The predicted octanol–water partition coefficient (Wildman–Crippen LogP) is 5.28. The summed E-state index contributed by atoms with van der Waals surface area (Å²) in [7, 11) is 0. The lowest BCUT2D eigenvalue weighted by molar-refractivity contribution is -0.123. The Balaban J connectivity index is 1.81. The van der Waals surface area contributed by atoms with Gasteiger partial charge < -0.3 is 4.90 Å². The van der Waals surface area contributed by atoms with Crippen LogP contribution in [0.3, 0.4) is 0 Å². The molecule has 1 saturated heterocycles. The number of hydrogen-bond acceptors (Lipinski definition) is 6. The molecule has 1 amide bonds. The number of fused-ring (bicyclic) bond motifs is 1. The van der Waals surface area contributed by atoms with Gasteiger partial charge in [-0.2, -0.15) is 0 Å². The van der Waals surface area contributed by atoms with E-state index in [2.05, 4.69) is 18.7 Å². The summed E-state index contributed by atoms with van der Waals surface area (Å²) in [6.45, 7) is 7.72. The highest BCUT2D eigenvalue weighted by atomic mass is 32.2. The molecule has 0 aliphatic carbocycles. The summed E-state index contributed by atoms with van der Waals surface area (Å²) in [5, 5.41) is 0. The number of hydrogen-bond donors (Lipinski definition) is 0. The summed E-state index contributed by atoms with van der Waals surface area (Å²) < 4.78 is 2.01. The molecule has 176 valence electrons. The summed E-state index contributed by atoms with van der Waals surface area (Å²) in [5.41, 5.74) is 1.81. The molecule has 6 nitrogen and oxygen atoms in total. The Morgan fingerprint density at radius 3 is 2.41 bits per heavy atom. The van der Waals surface area contributed by atoms with Crippen molar-refractivity contribution >= 4 is 51.7 Å². The van der Waals surface area contributed by atoms with E-state index in [1.54, 1.807) is 23.2 Å². The second kappa shape index (κ2) is 10.5. The van der Waals surface area contributed by atoms with Gasteiger partial charge in [0.1, 0.15) is 15.8 Å². The molecule has 4 rings (SSSR count). The van der Waals surface area contributed by atoms with Gasteiger partial charge in [-0.15, -0.1) is 0 Å². The molecule has 0 N–H and O–H groups in total. The van der Waals surface area contributed by atoms with Gasteiger partial charge in [-0.3, -0.25) is 18.9 Å². The van der Waals surface area contributed by atoms with E-state index in [1.165, 1.54) is 16.2 Å². The van der Waals surface area contributed by atoms with E-state index in [0.29, 0.717) is 26.3 Å². The number of amides is 1. The number of thioether (sulfide) groups is 1. The van der Waals surface area contributed by atoms with E-state index in [4.69, 9.17) is 17.2 Å². The molecule has 1 atom stereocenters. The Labute approximate surface area is 209 Å². The average Bonchev–Trinajstić information content (AvgIpc) is 3.13. The topological polar surface area (TPSA) is 57.9 Å². The normalized spacial score (nSPS) is 16.0. The zero-order valence-corrected chi connectivity index (χ0v) is 21.2. The molecule has 3 aromatic rings. The number of aromatic nitrogens is 2. The molecule has 0 radical (unpaired) electrons. The van der Waals surface area contributed by atoms with Crippen LogP contribution < -0.4 is 10.5 Å². The van der Waals surface area contributed by atoms with Crippen LogP contribution in [0.1, 0.15) is 50.8 Å². The van der Waals surface area contributed by atoms with Gasteiger partial charge >= 0.3 is 0 Å². The summed E-state index contributed by atoms with van der Waals surface area (Å²) >= 11 is 6.82. The van der Waals surface area contributed by atoms with E-state index in [0.717, 1.165) is 31.5 Å². The standard InChI is InChI=1S/C26H28N4O2S2/c1-4-14-28(15-5-2)23-20(24(31)29-16-10-9-13-22(29)27-23)17-21-25(32)30(26(33)34-21)18(3)19-11-7-6-8-12-19/h6-13,16-18H,4-5,14-15H2,1-3H3/b21-17-/t18-/m0/s1. The third-order valence-corrected chi connectivity index (χ3v) is 7.13. The molecule has 0 spiro atoms. The van der Waals surface area contributed by atoms with Crippen molar-refractivity contribution in [2.45, 2.75) is 39.7 Å². The lowest BCUT2D eigenvalue weighted by atomic mass is 10.1. The van der Waals surface area contributed by atoms with E-state index >= 15 is 0 Å². The van der Waals surface area contributed by atoms with Gasteiger partial charge in [0.2, 0.25) is 0 Å². The third kappa shape index (κ3) is 4.65. The molecular formula is C26H28N4O2S2. The molecular weight excluding hydrogens is 464 g/mol. The summed E-state index contributed by atoms with van der Waals surface area (Å²) in [6, 6.07) is 15.1.